The molecular weight excluding hydrogens is 254 g/mol. The van der Waals surface area contributed by atoms with E-state index in [9.17, 15) is 4.79 Å². The van der Waals surface area contributed by atoms with Gasteiger partial charge in [0.2, 0.25) is 5.91 Å². The summed E-state index contributed by atoms with van der Waals surface area (Å²) in [6.45, 7) is 11.1. The summed E-state index contributed by atoms with van der Waals surface area (Å²) >= 11 is 0. The van der Waals surface area contributed by atoms with Gasteiger partial charge < -0.3 is 15.0 Å². The van der Waals surface area contributed by atoms with Crippen molar-refractivity contribution in [1.82, 2.24) is 9.88 Å². The quantitative estimate of drug-likeness (QED) is 0.833. The highest BCUT2D eigenvalue weighted by Crippen LogP contribution is 2.23. The van der Waals surface area contributed by atoms with Crippen LogP contribution in [-0.4, -0.2) is 41.0 Å². The van der Waals surface area contributed by atoms with Crippen molar-refractivity contribution in [3.8, 4) is 5.75 Å². The third-order valence-electron chi connectivity index (χ3n) is 2.93. The second-order valence-electron chi connectivity index (χ2n) is 4.89. The van der Waals surface area contributed by atoms with E-state index in [0.717, 1.165) is 0 Å². The molecule has 0 saturated heterocycles. The van der Waals surface area contributed by atoms with Crippen LogP contribution in [0.4, 0.5) is 5.82 Å². The summed E-state index contributed by atoms with van der Waals surface area (Å²) < 4.78 is 5.69. The number of hydrogen-bond donors (Lipinski definition) is 1. The van der Waals surface area contributed by atoms with Crippen LogP contribution in [0.2, 0.25) is 0 Å². The van der Waals surface area contributed by atoms with Gasteiger partial charge in [0.05, 0.1) is 6.10 Å². The van der Waals surface area contributed by atoms with Gasteiger partial charge in [0.1, 0.15) is 6.04 Å². The first-order valence-electron chi connectivity index (χ1n) is 7.16. The van der Waals surface area contributed by atoms with E-state index in [2.05, 4.69) is 10.3 Å². The number of amides is 1. The molecule has 1 amide bonds. The topological polar surface area (TPSA) is 54.5 Å². The molecule has 20 heavy (non-hydrogen) atoms. The molecule has 1 rings (SSSR count). The first-order valence-corrected chi connectivity index (χ1v) is 7.16. The van der Waals surface area contributed by atoms with E-state index in [0.29, 0.717) is 24.7 Å². The van der Waals surface area contributed by atoms with Crippen molar-refractivity contribution in [2.24, 2.45) is 0 Å². The number of carbonyl (C=O) groups excluding carboxylic acids is 1. The molecule has 112 valence electrons. The van der Waals surface area contributed by atoms with Crippen LogP contribution in [0.3, 0.4) is 0 Å². The van der Waals surface area contributed by atoms with Gasteiger partial charge in [-0.3, -0.25) is 4.79 Å². The van der Waals surface area contributed by atoms with Crippen molar-refractivity contribution < 1.29 is 9.53 Å². The number of nitrogens with zero attached hydrogens (tertiary/aromatic N) is 2. The van der Waals surface area contributed by atoms with Crippen molar-refractivity contribution in [2.45, 2.75) is 46.8 Å². The summed E-state index contributed by atoms with van der Waals surface area (Å²) in [6.07, 6.45) is 1.75. The largest absolute Gasteiger partial charge is 0.487 e. The molecule has 1 heterocycles. The number of aromatic nitrogens is 1. The van der Waals surface area contributed by atoms with Gasteiger partial charge in [-0.2, -0.15) is 0 Å². The number of hydrogen-bond acceptors (Lipinski definition) is 4. The Bertz CT molecular complexity index is 431. The maximum atomic E-state index is 12.2. The fraction of sp³-hybridized carbons (Fsp3) is 0.600. The second kappa shape index (κ2) is 7.72. The summed E-state index contributed by atoms with van der Waals surface area (Å²) in [5, 5.41) is 3.14. The van der Waals surface area contributed by atoms with E-state index in [1.54, 1.807) is 11.1 Å². The number of rotatable bonds is 7. The van der Waals surface area contributed by atoms with Crippen LogP contribution in [-0.2, 0) is 4.79 Å². The van der Waals surface area contributed by atoms with Gasteiger partial charge in [-0.1, -0.05) is 0 Å². The molecule has 0 radical (unpaired) electrons. The third-order valence-corrected chi connectivity index (χ3v) is 2.93. The van der Waals surface area contributed by atoms with Crippen LogP contribution in [0.1, 0.15) is 34.6 Å². The lowest BCUT2D eigenvalue weighted by atomic mass is 10.2. The van der Waals surface area contributed by atoms with Crippen LogP contribution in [0.15, 0.2) is 18.3 Å². The Balaban J connectivity index is 2.79. The zero-order valence-electron chi connectivity index (χ0n) is 13.0. The Kier molecular flexibility index (Phi) is 6.28. The number of ether oxygens (including phenoxy) is 1. The van der Waals surface area contributed by atoms with Crippen LogP contribution >= 0.6 is 0 Å². The molecular formula is C15H25N3O2. The molecule has 1 aromatic rings. The first-order chi connectivity index (χ1) is 9.49. The van der Waals surface area contributed by atoms with Crippen LogP contribution in [0, 0.1) is 0 Å². The third kappa shape index (κ3) is 4.40. The maximum absolute atomic E-state index is 12.2. The molecule has 0 saturated carbocycles. The zero-order chi connectivity index (χ0) is 15.1. The second-order valence-corrected chi connectivity index (χ2v) is 4.89. The highest BCUT2D eigenvalue weighted by atomic mass is 16.5. The fourth-order valence-electron chi connectivity index (χ4n) is 1.92. The Morgan fingerprint density at radius 3 is 2.55 bits per heavy atom. The molecule has 1 N–H and O–H groups in total. The average Bonchev–Trinajstić information content (AvgIpc) is 2.41. The molecule has 0 fully saturated rings. The van der Waals surface area contributed by atoms with E-state index >= 15 is 0 Å². The van der Waals surface area contributed by atoms with Gasteiger partial charge in [0, 0.05) is 19.3 Å². The van der Waals surface area contributed by atoms with Crippen molar-refractivity contribution in [3.05, 3.63) is 18.3 Å². The fourth-order valence-corrected chi connectivity index (χ4v) is 1.92. The average molecular weight is 279 g/mol. The van der Waals surface area contributed by atoms with Gasteiger partial charge >= 0.3 is 0 Å². The van der Waals surface area contributed by atoms with Crippen LogP contribution in [0.25, 0.3) is 0 Å². The predicted octanol–water partition coefficient (Wildman–Crippen LogP) is 2.54. The van der Waals surface area contributed by atoms with E-state index in [-0.39, 0.29) is 18.1 Å². The summed E-state index contributed by atoms with van der Waals surface area (Å²) in [5.74, 6) is 1.34. The van der Waals surface area contributed by atoms with E-state index in [1.165, 1.54) is 0 Å². The predicted molar refractivity (Wildman–Crippen MR) is 81.0 cm³/mol. The van der Waals surface area contributed by atoms with E-state index in [1.807, 2.05) is 46.8 Å². The van der Waals surface area contributed by atoms with Gasteiger partial charge in [-0.05, 0) is 46.8 Å². The maximum Gasteiger partial charge on any atom is 0.244 e. The van der Waals surface area contributed by atoms with Crippen molar-refractivity contribution in [3.63, 3.8) is 0 Å². The molecule has 0 spiro atoms. The van der Waals surface area contributed by atoms with Gasteiger partial charge in [-0.25, -0.2) is 4.98 Å². The van der Waals surface area contributed by atoms with Gasteiger partial charge in [-0.15, -0.1) is 0 Å². The number of likely N-dealkylation sites (N-methyl/N-ethyl adjacent to an activating group) is 1. The van der Waals surface area contributed by atoms with Crippen molar-refractivity contribution in [2.75, 3.05) is 18.4 Å². The zero-order valence-corrected chi connectivity index (χ0v) is 13.0. The Labute approximate surface area is 121 Å². The molecule has 1 atom stereocenters. The normalized spacial score (nSPS) is 12.1. The van der Waals surface area contributed by atoms with Crippen molar-refractivity contribution in [1.29, 1.82) is 0 Å². The minimum absolute atomic E-state index is 0.0635. The smallest absolute Gasteiger partial charge is 0.244 e. The molecule has 0 aliphatic carbocycles. The molecule has 0 bridgehead atoms. The minimum atomic E-state index is -0.334. The van der Waals surface area contributed by atoms with Gasteiger partial charge in [0.15, 0.2) is 11.6 Å². The van der Waals surface area contributed by atoms with E-state index < -0.39 is 0 Å². The molecule has 1 aromatic heterocycles. The SMILES string of the molecule is CCN(CC)C(=O)C(C)Nc1ncccc1OC(C)C. The molecule has 5 nitrogen and oxygen atoms in total. The standard InChI is InChI=1S/C15H25N3O2/c1-6-18(7-2)15(19)12(5)17-14-13(20-11(3)4)9-8-10-16-14/h8-12H,6-7H2,1-5H3,(H,16,17). The number of nitrogens with one attached hydrogen (secondary N) is 1. The highest BCUT2D eigenvalue weighted by Gasteiger charge is 2.19. The summed E-state index contributed by atoms with van der Waals surface area (Å²) in [4.78, 5) is 18.3. The molecule has 0 aliphatic rings. The van der Waals surface area contributed by atoms with Crippen LogP contribution < -0.4 is 10.1 Å². The summed E-state index contributed by atoms with van der Waals surface area (Å²) in [6, 6.07) is 3.34. The molecule has 1 unspecified atom stereocenters. The number of carbonyl (C=O) groups is 1. The molecule has 0 aromatic carbocycles. The summed E-state index contributed by atoms with van der Waals surface area (Å²) in [7, 11) is 0. The molecule has 0 aliphatic heterocycles. The Morgan fingerprint density at radius 2 is 2.00 bits per heavy atom. The highest BCUT2D eigenvalue weighted by molar-refractivity contribution is 5.84. The minimum Gasteiger partial charge on any atom is -0.487 e. The number of anilines is 1. The Morgan fingerprint density at radius 1 is 1.35 bits per heavy atom. The van der Waals surface area contributed by atoms with Crippen LogP contribution in [0.5, 0.6) is 5.75 Å². The van der Waals surface area contributed by atoms with Crippen molar-refractivity contribution >= 4 is 11.7 Å². The Hall–Kier alpha value is -1.78. The lowest BCUT2D eigenvalue weighted by molar-refractivity contribution is -0.131. The monoisotopic (exact) mass is 279 g/mol. The first kappa shape index (κ1) is 16.3. The van der Waals surface area contributed by atoms with E-state index in [4.69, 9.17) is 4.74 Å². The summed E-state index contributed by atoms with van der Waals surface area (Å²) in [5.41, 5.74) is 0. The molecule has 5 heteroatoms. The van der Waals surface area contributed by atoms with Gasteiger partial charge in [0.25, 0.3) is 0 Å². The lowest BCUT2D eigenvalue weighted by Gasteiger charge is -2.24. The lowest BCUT2D eigenvalue weighted by Crippen LogP contribution is -2.41. The number of pyridine rings is 1.